The largest absolute Gasteiger partial charge is 0.384 e. The quantitative estimate of drug-likeness (QED) is 0.563. The standard InChI is InChI=1S/C11H14N6OS/c1-3-17-10(18)15-16-11(17)19-9-7(8(12)13)5-4-6(2)14-9/h4-5H,3H2,1-2H3,(H3,12,13)(H,15,18). The minimum atomic E-state index is -0.262. The Morgan fingerprint density at radius 1 is 1.58 bits per heavy atom. The van der Waals surface area contributed by atoms with Gasteiger partial charge in [0.25, 0.3) is 0 Å². The molecule has 8 heteroatoms. The van der Waals surface area contributed by atoms with Crippen molar-refractivity contribution in [2.75, 3.05) is 0 Å². The van der Waals surface area contributed by atoms with E-state index >= 15 is 0 Å². The fourth-order valence-corrected chi connectivity index (χ4v) is 2.63. The lowest BCUT2D eigenvalue weighted by atomic mass is 10.2. The Hall–Kier alpha value is -2.09. The molecule has 0 saturated heterocycles. The number of aryl methyl sites for hydroxylation is 1. The van der Waals surface area contributed by atoms with Crippen LogP contribution in [0.3, 0.4) is 0 Å². The number of aromatic amines is 1. The van der Waals surface area contributed by atoms with Crippen molar-refractivity contribution in [1.82, 2.24) is 19.7 Å². The maximum atomic E-state index is 11.5. The van der Waals surface area contributed by atoms with Gasteiger partial charge in [-0.15, -0.1) is 5.10 Å². The molecule has 0 saturated carbocycles. The molecule has 0 spiro atoms. The lowest BCUT2D eigenvalue weighted by Crippen LogP contribution is -2.16. The number of amidine groups is 1. The van der Waals surface area contributed by atoms with Gasteiger partial charge in [0.15, 0.2) is 5.16 Å². The van der Waals surface area contributed by atoms with Gasteiger partial charge in [-0.05, 0) is 37.7 Å². The van der Waals surface area contributed by atoms with Gasteiger partial charge in [-0.2, -0.15) is 0 Å². The first kappa shape index (κ1) is 13.3. The van der Waals surface area contributed by atoms with Gasteiger partial charge < -0.3 is 5.73 Å². The van der Waals surface area contributed by atoms with Crippen LogP contribution in [0.25, 0.3) is 0 Å². The van der Waals surface area contributed by atoms with Crippen LogP contribution in [0.2, 0.25) is 0 Å². The van der Waals surface area contributed by atoms with Crippen molar-refractivity contribution in [3.63, 3.8) is 0 Å². The second kappa shape index (κ2) is 5.27. The molecule has 0 radical (unpaired) electrons. The summed E-state index contributed by atoms with van der Waals surface area (Å²) >= 11 is 1.22. The monoisotopic (exact) mass is 278 g/mol. The van der Waals surface area contributed by atoms with Crippen molar-refractivity contribution in [2.45, 2.75) is 30.6 Å². The Morgan fingerprint density at radius 2 is 2.32 bits per heavy atom. The van der Waals surface area contributed by atoms with E-state index in [9.17, 15) is 4.79 Å². The summed E-state index contributed by atoms with van der Waals surface area (Å²) in [6.07, 6.45) is 0. The summed E-state index contributed by atoms with van der Waals surface area (Å²) in [5.74, 6) is -0.0593. The van der Waals surface area contributed by atoms with Gasteiger partial charge in [0.1, 0.15) is 10.9 Å². The van der Waals surface area contributed by atoms with Crippen molar-refractivity contribution in [2.24, 2.45) is 5.73 Å². The number of pyridine rings is 1. The van der Waals surface area contributed by atoms with Crippen LogP contribution in [-0.2, 0) is 6.54 Å². The minimum absolute atomic E-state index is 0.0593. The van der Waals surface area contributed by atoms with Crippen LogP contribution in [0.4, 0.5) is 0 Å². The molecule has 7 nitrogen and oxygen atoms in total. The minimum Gasteiger partial charge on any atom is -0.384 e. The maximum Gasteiger partial charge on any atom is 0.343 e. The van der Waals surface area contributed by atoms with Crippen molar-refractivity contribution >= 4 is 17.6 Å². The van der Waals surface area contributed by atoms with Crippen LogP contribution >= 0.6 is 11.8 Å². The van der Waals surface area contributed by atoms with Crippen LogP contribution in [0.15, 0.2) is 27.1 Å². The fraction of sp³-hybridized carbons (Fsp3) is 0.273. The molecule has 2 heterocycles. The van der Waals surface area contributed by atoms with Gasteiger partial charge in [0.05, 0.1) is 0 Å². The number of rotatable bonds is 4. The van der Waals surface area contributed by atoms with Crippen molar-refractivity contribution in [3.05, 3.63) is 33.9 Å². The molecule has 0 aliphatic heterocycles. The van der Waals surface area contributed by atoms with E-state index in [0.717, 1.165) is 5.69 Å². The van der Waals surface area contributed by atoms with Gasteiger partial charge in [-0.25, -0.2) is 14.9 Å². The maximum absolute atomic E-state index is 11.5. The Bertz CT molecular complexity index is 674. The van der Waals surface area contributed by atoms with Gasteiger partial charge in [-0.3, -0.25) is 9.98 Å². The summed E-state index contributed by atoms with van der Waals surface area (Å²) in [6.45, 7) is 4.22. The molecular formula is C11H14N6OS. The average Bonchev–Trinajstić information content (AvgIpc) is 2.69. The number of hydrogen-bond acceptors (Lipinski definition) is 5. The van der Waals surface area contributed by atoms with Crippen LogP contribution in [0.1, 0.15) is 18.2 Å². The molecule has 2 aromatic rings. The summed E-state index contributed by atoms with van der Waals surface area (Å²) in [7, 11) is 0. The van der Waals surface area contributed by atoms with Crippen LogP contribution in [-0.4, -0.2) is 25.6 Å². The first-order valence-electron chi connectivity index (χ1n) is 5.68. The van der Waals surface area contributed by atoms with Gasteiger partial charge >= 0.3 is 5.69 Å². The fourth-order valence-electron chi connectivity index (χ4n) is 1.56. The third kappa shape index (κ3) is 2.68. The zero-order valence-corrected chi connectivity index (χ0v) is 11.4. The predicted molar refractivity (Wildman–Crippen MR) is 72.6 cm³/mol. The summed E-state index contributed by atoms with van der Waals surface area (Å²) in [5.41, 5.74) is 6.61. The molecule has 4 N–H and O–H groups in total. The average molecular weight is 278 g/mol. The Balaban J connectivity index is 2.45. The second-order valence-electron chi connectivity index (χ2n) is 3.88. The van der Waals surface area contributed by atoms with Crippen molar-refractivity contribution in [3.8, 4) is 0 Å². The van der Waals surface area contributed by atoms with Crippen LogP contribution < -0.4 is 11.4 Å². The molecule has 0 bridgehead atoms. The van der Waals surface area contributed by atoms with Crippen LogP contribution in [0.5, 0.6) is 0 Å². The van der Waals surface area contributed by atoms with E-state index < -0.39 is 0 Å². The Labute approximate surface area is 113 Å². The number of nitrogens with one attached hydrogen (secondary N) is 2. The molecule has 0 fully saturated rings. The molecule has 0 amide bonds. The molecule has 2 rings (SSSR count). The van der Waals surface area contributed by atoms with E-state index in [1.54, 1.807) is 12.1 Å². The second-order valence-corrected chi connectivity index (χ2v) is 4.83. The first-order valence-corrected chi connectivity index (χ1v) is 6.49. The SMILES string of the molecule is CCn1c(Sc2nc(C)ccc2C(=N)N)n[nH]c1=O. The smallest absolute Gasteiger partial charge is 0.343 e. The number of nitrogens with two attached hydrogens (primary N) is 1. The predicted octanol–water partition coefficient (Wildman–Crippen LogP) is 0.730. The summed E-state index contributed by atoms with van der Waals surface area (Å²) < 4.78 is 1.50. The molecule has 0 unspecified atom stereocenters. The highest BCUT2D eigenvalue weighted by molar-refractivity contribution is 7.99. The molecule has 0 atom stereocenters. The van der Waals surface area contributed by atoms with Gasteiger partial charge in [0.2, 0.25) is 0 Å². The van der Waals surface area contributed by atoms with Gasteiger partial charge in [-0.1, -0.05) is 0 Å². The summed E-state index contributed by atoms with van der Waals surface area (Å²) in [5, 5.41) is 15.0. The van der Waals surface area contributed by atoms with E-state index in [0.29, 0.717) is 22.3 Å². The molecule has 0 aromatic carbocycles. The van der Waals surface area contributed by atoms with Crippen molar-refractivity contribution in [1.29, 1.82) is 5.41 Å². The van der Waals surface area contributed by atoms with Gasteiger partial charge in [0, 0.05) is 17.8 Å². The molecule has 19 heavy (non-hydrogen) atoms. The molecular weight excluding hydrogens is 264 g/mol. The topological polar surface area (TPSA) is 113 Å². The highest BCUT2D eigenvalue weighted by atomic mass is 32.2. The lowest BCUT2D eigenvalue weighted by Gasteiger charge is -2.07. The number of aromatic nitrogens is 4. The van der Waals surface area contributed by atoms with E-state index in [-0.39, 0.29) is 11.5 Å². The number of nitrogen functional groups attached to an aromatic ring is 1. The van der Waals surface area contributed by atoms with E-state index in [2.05, 4.69) is 15.2 Å². The van der Waals surface area contributed by atoms with E-state index in [1.165, 1.54) is 16.3 Å². The zero-order valence-electron chi connectivity index (χ0n) is 10.6. The Morgan fingerprint density at radius 3 is 2.95 bits per heavy atom. The first-order chi connectivity index (χ1) is 9.02. The zero-order chi connectivity index (χ0) is 14.0. The highest BCUT2D eigenvalue weighted by Gasteiger charge is 2.14. The van der Waals surface area contributed by atoms with E-state index in [1.807, 2.05) is 13.8 Å². The Kier molecular flexibility index (Phi) is 3.70. The molecule has 100 valence electrons. The third-order valence-electron chi connectivity index (χ3n) is 2.52. The third-order valence-corrected chi connectivity index (χ3v) is 3.52. The summed E-state index contributed by atoms with van der Waals surface area (Å²) in [4.78, 5) is 15.8. The highest BCUT2D eigenvalue weighted by Crippen LogP contribution is 2.26. The lowest BCUT2D eigenvalue weighted by molar-refractivity contribution is 0.660. The molecule has 0 aliphatic carbocycles. The molecule has 0 aliphatic rings. The van der Waals surface area contributed by atoms with Crippen LogP contribution in [0, 0.1) is 12.3 Å². The number of H-pyrrole nitrogens is 1. The molecule has 2 aromatic heterocycles. The normalized spacial score (nSPS) is 10.6. The van der Waals surface area contributed by atoms with Crippen molar-refractivity contribution < 1.29 is 0 Å². The number of nitrogens with zero attached hydrogens (tertiary/aromatic N) is 3. The van der Waals surface area contributed by atoms with E-state index in [4.69, 9.17) is 11.1 Å². The number of hydrogen-bond donors (Lipinski definition) is 3. The summed E-state index contributed by atoms with van der Waals surface area (Å²) in [6, 6.07) is 3.53.